The Labute approximate surface area is 545 Å². The van der Waals surface area contributed by atoms with Crippen LogP contribution in [0.4, 0.5) is 0 Å². The number of benzene rings is 4. The summed E-state index contributed by atoms with van der Waals surface area (Å²) in [4.78, 5) is 57.3. The molecule has 3 N–H and O–H groups in total. The first-order chi connectivity index (χ1) is 44.5. The molecule has 1 amide bonds. The van der Waals surface area contributed by atoms with E-state index >= 15 is 0 Å². The Balaban J connectivity index is 0.000000201. The maximum atomic E-state index is 13.7. The highest BCUT2D eigenvalue weighted by atomic mass is 16.6. The number of likely N-dealkylation sites (N-methyl/N-ethyl adjacent to an activating group) is 1. The molecule has 6 aromatic heterocycles. The van der Waals surface area contributed by atoms with Crippen molar-refractivity contribution < 1.29 is 56.8 Å². The van der Waals surface area contributed by atoms with Crippen molar-refractivity contribution in [3.8, 4) is 85.0 Å². The molecule has 0 aliphatic carbocycles. The molecule has 0 unspecified atom stereocenters. The molecule has 10 aromatic rings. The molecule has 4 aliphatic rings. The summed E-state index contributed by atoms with van der Waals surface area (Å²) in [7, 11) is 7.83. The van der Waals surface area contributed by atoms with Crippen LogP contribution < -0.4 is 33.2 Å². The number of piperazine rings is 1. The molecule has 493 valence electrons. The molecular weight excluding hydrogens is 1190 g/mol. The fraction of sp³-hybridized carbons (Fsp3) is 0.420. The third-order valence-electron chi connectivity index (χ3n) is 17.0. The van der Waals surface area contributed by atoms with Gasteiger partial charge in [0, 0.05) is 77.1 Å². The summed E-state index contributed by atoms with van der Waals surface area (Å²) in [6.45, 7) is 25.0. The van der Waals surface area contributed by atoms with E-state index in [9.17, 15) is 9.59 Å². The number of fused-ring (bicyclic) bond motifs is 8. The largest absolute Gasteiger partial charge is 0.496 e. The number of carbonyl (C=O) groups is 2. The zero-order valence-corrected chi connectivity index (χ0v) is 54.2. The molecular formula is C69H87BN11O12. The van der Waals surface area contributed by atoms with Gasteiger partial charge in [-0.25, -0.2) is 19.9 Å². The van der Waals surface area contributed by atoms with Crippen LogP contribution in [-0.2, 0) is 4.79 Å². The molecule has 2 atom stereocenters. The van der Waals surface area contributed by atoms with Crippen molar-refractivity contribution in [2.24, 2.45) is 0 Å². The first-order valence-electron chi connectivity index (χ1n) is 31.2. The number of carbonyl (C=O) groups excluding carboxylic acids is 2. The van der Waals surface area contributed by atoms with E-state index in [-0.39, 0.29) is 40.6 Å². The van der Waals surface area contributed by atoms with Crippen LogP contribution in [0, 0.1) is 41.5 Å². The number of ether oxygens (including phenoxy) is 7. The fourth-order valence-electron chi connectivity index (χ4n) is 12.3. The monoisotopic (exact) mass is 1270 g/mol. The van der Waals surface area contributed by atoms with E-state index in [0.717, 1.165) is 84.4 Å². The lowest BCUT2D eigenvalue weighted by molar-refractivity contribution is -0.120. The summed E-state index contributed by atoms with van der Waals surface area (Å²) in [6.07, 6.45) is 4.24. The average Bonchev–Trinajstić information content (AvgIpc) is 1.53. The Morgan fingerprint density at radius 1 is 0.634 bits per heavy atom. The van der Waals surface area contributed by atoms with Gasteiger partial charge in [0.2, 0.25) is 5.75 Å². The van der Waals surface area contributed by atoms with Crippen molar-refractivity contribution in [1.29, 1.82) is 1.34 Å². The third-order valence-corrected chi connectivity index (χ3v) is 17.0. The minimum absolute atomic E-state index is 0. The molecule has 24 heteroatoms. The van der Waals surface area contributed by atoms with Gasteiger partial charge >= 0.3 is 0 Å². The molecule has 2 saturated heterocycles. The molecule has 0 saturated carbocycles. The van der Waals surface area contributed by atoms with E-state index in [1.807, 2.05) is 103 Å². The highest BCUT2D eigenvalue weighted by molar-refractivity contribution is 6.16. The average molecular weight is 1280 g/mol. The highest BCUT2D eigenvalue weighted by Crippen LogP contribution is 2.50. The summed E-state index contributed by atoms with van der Waals surface area (Å²) >= 11 is 0. The Hall–Kier alpha value is -9.26. The second-order valence-corrected chi connectivity index (χ2v) is 22.6. The number of aromatic nitrogens is 8. The number of nitrogens with zero attached hydrogens (tertiary/aromatic N) is 9. The molecule has 1 radical (unpaired) electrons. The van der Waals surface area contributed by atoms with Gasteiger partial charge in [-0.2, -0.15) is 0 Å². The number of rotatable bonds is 9. The van der Waals surface area contributed by atoms with Crippen molar-refractivity contribution in [1.82, 2.24) is 54.9 Å². The van der Waals surface area contributed by atoms with E-state index in [0.29, 0.717) is 137 Å². The first kappa shape index (κ1) is 68.1. The maximum Gasteiger partial charge on any atom is 0.298 e. The molecule has 10 heterocycles. The van der Waals surface area contributed by atoms with Gasteiger partial charge in [0.1, 0.15) is 72.4 Å². The Morgan fingerprint density at radius 2 is 1.11 bits per heavy atom. The normalized spacial score (nSPS) is 15.9. The van der Waals surface area contributed by atoms with Crippen LogP contribution in [0.5, 0.6) is 40.2 Å². The van der Waals surface area contributed by atoms with E-state index in [2.05, 4.69) is 63.0 Å². The van der Waals surface area contributed by atoms with Crippen molar-refractivity contribution in [2.75, 3.05) is 80.9 Å². The molecule has 0 spiro atoms. The number of hydrogen-bond donors (Lipinski definition) is 3. The Kier molecular flexibility index (Phi) is 22.0. The number of likely N-dealkylation sites (tertiary alicyclic amines) is 1. The van der Waals surface area contributed by atoms with Crippen LogP contribution in [0.25, 0.3) is 88.6 Å². The minimum atomic E-state index is -0.0547. The summed E-state index contributed by atoms with van der Waals surface area (Å²) in [6, 6.07) is 16.3. The van der Waals surface area contributed by atoms with E-state index in [1.54, 1.807) is 20.3 Å². The lowest BCUT2D eigenvalue weighted by atomic mass is 9.98. The van der Waals surface area contributed by atoms with Gasteiger partial charge in [-0.05, 0) is 137 Å². The number of amides is 1. The predicted molar refractivity (Wildman–Crippen MR) is 363 cm³/mol. The van der Waals surface area contributed by atoms with E-state index in [4.69, 9.17) is 63.5 Å². The van der Waals surface area contributed by atoms with Gasteiger partial charge in [-0.1, -0.05) is 45.4 Å². The molecule has 14 rings (SSSR count). The van der Waals surface area contributed by atoms with Crippen LogP contribution in [-0.4, -0.2) is 175 Å². The second-order valence-electron chi connectivity index (χ2n) is 22.6. The molecule has 23 nitrogen and oxygen atoms in total. The molecule has 2 fully saturated rings. The van der Waals surface area contributed by atoms with Gasteiger partial charge in [-0.15, -0.1) is 0 Å². The van der Waals surface area contributed by atoms with E-state index in [1.165, 1.54) is 25.8 Å². The summed E-state index contributed by atoms with van der Waals surface area (Å²) in [5.41, 5.74) is 11.5. The molecule has 93 heavy (non-hydrogen) atoms. The summed E-state index contributed by atoms with van der Waals surface area (Å²) in [5.74, 6) is 6.00. The number of methoxy groups -OCH3 is 2. The quantitative estimate of drug-likeness (QED) is 0.0895. The van der Waals surface area contributed by atoms with Crippen LogP contribution in [0.2, 0.25) is 0 Å². The van der Waals surface area contributed by atoms with Crippen LogP contribution in [0.3, 0.4) is 0 Å². The van der Waals surface area contributed by atoms with Gasteiger partial charge < -0.3 is 71.9 Å². The zero-order chi connectivity index (χ0) is 65.7. The van der Waals surface area contributed by atoms with Crippen molar-refractivity contribution in [3.05, 3.63) is 88.7 Å². The number of aromatic amines is 2. The standard InChI is InChI=1S/C32H34N6O5.C26H22N4O6.C7H15N.C2H6.2CH4.BH2O/c1-16-15-38(10-9-37(16)5)32(39)21-8-7-20(29-30(21)42-12-11-41-29)28-27-22-14-25(40-6)23(26-17(2)36-43-18(26)3)13-24(22)35-31(27)34-19(4)33-28;1-12-21(13(2)36-30-12)17-9-18-16(10-20(17)32-4)22-23(27-14(3)28-26(22)29-18)15-5-6-19(35-11-31)25-24(15)33-7-8-34-25;1-7-5-3-4-6-8(7)2;1-2;;;1-2/h7-8,13-14,16H,9-12,15H2,1-6H3,(H,33,34,35);5-6,9-11H,7-8H2,1-4H3,(H,27,28,29);7H,3-6H2,1-2H3;1-2H3;2*1H4;1-2H/t16-;;7-;;;;/m0.0..../s1/i;;;;;;1T. The number of hydrogen-bond acceptors (Lipinski definition) is 20. The van der Waals surface area contributed by atoms with Crippen LogP contribution >= 0.6 is 0 Å². The van der Waals surface area contributed by atoms with Crippen molar-refractivity contribution >= 4 is 64.3 Å². The Bertz CT molecular complexity index is 4290. The molecule has 4 aromatic carbocycles. The van der Waals surface area contributed by atoms with E-state index < -0.39 is 0 Å². The number of H-pyrrole nitrogens is 2. The number of aryl methyl sites for hydroxylation is 6. The number of piperidine rings is 1. The number of nitrogens with one attached hydrogen (secondary N) is 2. The third kappa shape index (κ3) is 13.5. The lowest BCUT2D eigenvalue weighted by Crippen LogP contribution is -2.52. The fourth-order valence-corrected chi connectivity index (χ4v) is 12.3. The Morgan fingerprint density at radius 3 is 1.55 bits per heavy atom. The minimum Gasteiger partial charge on any atom is -0.496 e. The lowest BCUT2D eigenvalue weighted by Gasteiger charge is -2.38. The van der Waals surface area contributed by atoms with Crippen molar-refractivity contribution in [2.45, 2.75) is 115 Å². The van der Waals surface area contributed by atoms with Gasteiger partial charge in [0.05, 0.1) is 64.5 Å². The summed E-state index contributed by atoms with van der Waals surface area (Å²) in [5, 5.41) is 18.8. The summed E-state index contributed by atoms with van der Waals surface area (Å²) < 4.78 is 57.4. The van der Waals surface area contributed by atoms with Gasteiger partial charge in [-0.3, -0.25) is 9.59 Å². The van der Waals surface area contributed by atoms with Crippen LogP contribution in [0.15, 0.2) is 57.6 Å². The van der Waals surface area contributed by atoms with Gasteiger partial charge in [0.25, 0.3) is 20.4 Å². The van der Waals surface area contributed by atoms with Crippen LogP contribution in [0.1, 0.15) is 107 Å². The second kappa shape index (κ2) is 30.0. The topological polar surface area (TPSA) is 264 Å². The van der Waals surface area contributed by atoms with Crippen molar-refractivity contribution in [3.63, 3.8) is 0 Å². The maximum absolute atomic E-state index is 13.7. The zero-order valence-electron chi connectivity index (χ0n) is 55.2. The SMILES string of the molecule is C.C.CC.COc1cc2c(cc1-c1c(C)noc1C)[nH]c1nc(C)nc(-c3ccc(C(=O)N4CCN(C)[C@@H](C)C4)c4c3OCCO4)c12.COc1cc2c(cc1-c1c(C)noc1C)[nH]c1nc(C)nc(-c3ccc(OC=O)c4c3OCCO4)c12.C[C@H]1CCCCN1C.[3H][B]O. The molecule has 4 aliphatic heterocycles. The first-order valence-corrected chi connectivity index (χ1v) is 30.6. The highest BCUT2D eigenvalue weighted by Gasteiger charge is 2.33. The molecule has 0 bridgehead atoms. The smallest absolute Gasteiger partial charge is 0.298 e. The predicted octanol–water partition coefficient (Wildman–Crippen LogP) is 12.2. The van der Waals surface area contributed by atoms with Gasteiger partial charge in [0.15, 0.2) is 23.0 Å².